The number of aliphatic hydroxyl groups excluding tert-OH is 2. The van der Waals surface area contributed by atoms with Gasteiger partial charge in [-0.05, 0) is 83.4 Å². The third-order valence-corrected chi connectivity index (χ3v) is 12.0. The lowest BCUT2D eigenvalue weighted by Gasteiger charge is -2.50. The minimum Gasteiger partial charge on any atom is -0.491 e. The van der Waals surface area contributed by atoms with Crippen molar-refractivity contribution >= 4 is 0 Å². The number of piperidine rings is 2. The number of hydrogen-bond acceptors (Lipinski definition) is 6. The second-order valence-electron chi connectivity index (χ2n) is 14.8. The molecule has 6 nitrogen and oxygen atoms in total. The molecule has 2 heterocycles. The van der Waals surface area contributed by atoms with Gasteiger partial charge in [-0.15, -0.1) is 0 Å². The first-order valence-electron chi connectivity index (χ1n) is 15.0. The van der Waals surface area contributed by atoms with E-state index in [0.29, 0.717) is 46.6 Å². The van der Waals surface area contributed by atoms with Crippen LogP contribution in [0, 0.1) is 33.5 Å². The minimum atomic E-state index is -0.511. The van der Waals surface area contributed by atoms with Gasteiger partial charge in [-0.3, -0.25) is 9.80 Å². The first kappa shape index (κ1) is 28.2. The maximum absolute atomic E-state index is 10.7. The topological polar surface area (TPSA) is 65.4 Å². The summed E-state index contributed by atoms with van der Waals surface area (Å²) in [6.07, 6.45) is 4.15. The molecule has 4 aliphatic rings. The number of fused-ring (bicyclic) bond motifs is 4. The van der Waals surface area contributed by atoms with Crippen molar-refractivity contribution in [1.82, 2.24) is 9.80 Å². The van der Waals surface area contributed by atoms with Gasteiger partial charge >= 0.3 is 0 Å². The van der Waals surface area contributed by atoms with Gasteiger partial charge in [0.25, 0.3) is 0 Å². The van der Waals surface area contributed by atoms with Gasteiger partial charge in [-0.2, -0.15) is 0 Å². The van der Waals surface area contributed by atoms with Crippen LogP contribution in [0.2, 0.25) is 0 Å². The second-order valence-corrected chi connectivity index (χ2v) is 14.8. The fourth-order valence-electron chi connectivity index (χ4n) is 8.28. The second kappa shape index (κ2) is 10.2. The molecular formula is C32H52N2O4. The lowest BCUT2D eigenvalue weighted by Crippen LogP contribution is -2.54. The van der Waals surface area contributed by atoms with Crippen molar-refractivity contribution in [3.63, 3.8) is 0 Å². The third kappa shape index (κ3) is 5.23. The van der Waals surface area contributed by atoms with E-state index < -0.39 is 12.2 Å². The Morgan fingerprint density at radius 2 is 1.08 bits per heavy atom. The van der Waals surface area contributed by atoms with E-state index in [4.69, 9.17) is 9.47 Å². The van der Waals surface area contributed by atoms with Gasteiger partial charge in [0.15, 0.2) is 0 Å². The lowest BCUT2D eigenvalue weighted by atomic mass is 9.63. The van der Waals surface area contributed by atoms with Gasteiger partial charge in [0, 0.05) is 39.3 Å². The molecule has 2 N–H and O–H groups in total. The van der Waals surface area contributed by atoms with E-state index in [1.54, 1.807) is 0 Å². The smallest absolute Gasteiger partial charge is 0.119 e. The highest BCUT2D eigenvalue weighted by Crippen LogP contribution is 2.59. The molecule has 2 saturated heterocycles. The summed E-state index contributed by atoms with van der Waals surface area (Å²) in [7, 11) is 0. The Morgan fingerprint density at radius 3 is 1.42 bits per heavy atom. The van der Waals surface area contributed by atoms with Crippen LogP contribution in [0.4, 0.5) is 0 Å². The Kier molecular flexibility index (Phi) is 7.60. The molecule has 4 fully saturated rings. The first-order chi connectivity index (χ1) is 17.8. The van der Waals surface area contributed by atoms with Crippen molar-refractivity contribution in [2.75, 3.05) is 52.5 Å². The molecule has 2 aliphatic heterocycles. The maximum atomic E-state index is 10.7. The SMILES string of the molecule is CC1(C)[C@@H]2CC[C@@]1(C)CN(C[C@@H](O)COc1ccc(OC[C@@H](O)CN3C[C@@H]4CC[C@](C)(C3)C4(C)C)cc1)C2. The van der Waals surface area contributed by atoms with Crippen molar-refractivity contribution < 1.29 is 19.7 Å². The quantitative estimate of drug-likeness (QED) is 0.460. The van der Waals surface area contributed by atoms with Crippen LogP contribution in [-0.4, -0.2) is 84.7 Å². The van der Waals surface area contributed by atoms with Gasteiger partial charge < -0.3 is 19.7 Å². The van der Waals surface area contributed by atoms with Crippen LogP contribution in [-0.2, 0) is 0 Å². The molecule has 0 spiro atoms. The molecule has 38 heavy (non-hydrogen) atoms. The van der Waals surface area contributed by atoms with Crippen molar-refractivity contribution in [3.8, 4) is 11.5 Å². The lowest BCUT2D eigenvalue weighted by molar-refractivity contribution is -0.0381. The molecule has 6 atom stereocenters. The molecule has 2 aliphatic carbocycles. The van der Waals surface area contributed by atoms with Crippen molar-refractivity contribution in [3.05, 3.63) is 24.3 Å². The van der Waals surface area contributed by atoms with Gasteiger partial charge in [0.05, 0.1) is 0 Å². The maximum Gasteiger partial charge on any atom is 0.119 e. The molecule has 214 valence electrons. The fourth-order valence-corrected chi connectivity index (χ4v) is 8.28. The predicted octanol–water partition coefficient (Wildman–Crippen LogP) is 4.68. The van der Waals surface area contributed by atoms with Crippen LogP contribution in [0.3, 0.4) is 0 Å². The molecule has 6 heteroatoms. The summed E-state index contributed by atoms with van der Waals surface area (Å²) < 4.78 is 11.8. The molecule has 4 bridgehead atoms. The van der Waals surface area contributed by atoms with Crippen LogP contribution in [0.5, 0.6) is 11.5 Å². The van der Waals surface area contributed by atoms with E-state index in [1.165, 1.54) is 25.7 Å². The van der Waals surface area contributed by atoms with Crippen LogP contribution >= 0.6 is 0 Å². The first-order valence-corrected chi connectivity index (χ1v) is 15.0. The summed E-state index contributed by atoms with van der Waals surface area (Å²) >= 11 is 0. The number of aliphatic hydroxyl groups is 2. The summed E-state index contributed by atoms with van der Waals surface area (Å²) in [5.74, 6) is 2.88. The predicted molar refractivity (Wildman–Crippen MR) is 152 cm³/mol. The highest BCUT2D eigenvalue weighted by molar-refractivity contribution is 5.31. The Hall–Kier alpha value is -1.34. The van der Waals surface area contributed by atoms with Crippen LogP contribution in [0.15, 0.2) is 24.3 Å². The number of benzene rings is 1. The van der Waals surface area contributed by atoms with Crippen LogP contribution in [0.1, 0.15) is 67.2 Å². The molecule has 1 aromatic rings. The largest absolute Gasteiger partial charge is 0.491 e. The van der Waals surface area contributed by atoms with Gasteiger partial charge in [0.1, 0.15) is 36.9 Å². The van der Waals surface area contributed by atoms with Crippen molar-refractivity contribution in [2.45, 2.75) is 79.4 Å². The molecular weight excluding hydrogens is 476 g/mol. The average molecular weight is 529 g/mol. The minimum absolute atomic E-state index is 0.284. The van der Waals surface area contributed by atoms with Gasteiger partial charge in [0.2, 0.25) is 0 Å². The number of ether oxygens (including phenoxy) is 2. The van der Waals surface area contributed by atoms with E-state index >= 15 is 0 Å². The van der Waals surface area contributed by atoms with Crippen LogP contribution in [0.25, 0.3) is 0 Å². The van der Waals surface area contributed by atoms with E-state index in [-0.39, 0.29) is 13.2 Å². The average Bonchev–Trinajstić information content (AvgIpc) is 3.05. The Morgan fingerprint density at radius 1 is 0.711 bits per heavy atom. The molecule has 0 aromatic heterocycles. The van der Waals surface area contributed by atoms with E-state index in [2.05, 4.69) is 51.3 Å². The molecule has 0 unspecified atom stereocenters. The number of hydrogen-bond donors (Lipinski definition) is 2. The van der Waals surface area contributed by atoms with E-state index in [9.17, 15) is 10.2 Å². The Labute approximate surface area is 230 Å². The standard InChI is InChI=1S/C32H52N2O4/c1-29(2)23-11-13-31(29,5)21-33(15-23)17-25(35)19-37-27-7-9-28(10-8-27)38-20-26(36)18-34-16-24-12-14-32(6,22-34)30(24,3)4/h7-10,23-26,35-36H,11-22H2,1-6H3/t23-,24+,25-,26+,31+,32-. The highest BCUT2D eigenvalue weighted by Gasteiger charge is 2.56. The molecule has 0 amide bonds. The van der Waals surface area contributed by atoms with Gasteiger partial charge in [-0.25, -0.2) is 0 Å². The summed E-state index contributed by atoms with van der Waals surface area (Å²) in [5.41, 5.74) is 1.44. The Balaban J connectivity index is 1.02. The van der Waals surface area contributed by atoms with E-state index in [1.807, 2.05) is 24.3 Å². The Bertz CT molecular complexity index is 888. The summed E-state index contributed by atoms with van der Waals surface area (Å²) in [6, 6.07) is 7.52. The van der Waals surface area contributed by atoms with Crippen molar-refractivity contribution in [1.29, 1.82) is 0 Å². The molecule has 1 aromatic carbocycles. The molecule has 5 rings (SSSR count). The zero-order chi connectivity index (χ0) is 27.3. The number of rotatable bonds is 10. The number of β-amino-alcohol motifs (C(OH)–C–C–N with tert-alkyl or cyclic N) is 2. The summed E-state index contributed by atoms with van der Waals surface area (Å²) in [4.78, 5) is 4.88. The zero-order valence-corrected chi connectivity index (χ0v) is 24.7. The highest BCUT2D eigenvalue weighted by atomic mass is 16.5. The number of nitrogens with zero attached hydrogens (tertiary/aromatic N) is 2. The monoisotopic (exact) mass is 528 g/mol. The summed E-state index contributed by atoms with van der Waals surface area (Å²) in [5, 5.41) is 21.3. The number of likely N-dealkylation sites (tertiary alicyclic amines) is 2. The zero-order valence-electron chi connectivity index (χ0n) is 24.7. The normalized spacial score (nSPS) is 35.7. The van der Waals surface area contributed by atoms with Crippen LogP contribution < -0.4 is 9.47 Å². The fraction of sp³-hybridized carbons (Fsp3) is 0.812. The third-order valence-electron chi connectivity index (χ3n) is 12.0. The summed E-state index contributed by atoms with van der Waals surface area (Å²) in [6.45, 7) is 20.7. The molecule has 0 radical (unpaired) electrons. The molecule has 2 saturated carbocycles. The van der Waals surface area contributed by atoms with Gasteiger partial charge in [-0.1, -0.05) is 41.5 Å². The van der Waals surface area contributed by atoms with E-state index in [0.717, 1.165) is 37.7 Å². The van der Waals surface area contributed by atoms with Crippen molar-refractivity contribution in [2.24, 2.45) is 33.5 Å².